The monoisotopic (exact) mass is 409 g/mol. The molecule has 0 aromatic heterocycles. The summed E-state index contributed by atoms with van der Waals surface area (Å²) in [5.74, 6) is -0.159. The molecule has 0 saturated carbocycles. The minimum atomic E-state index is -0.136. The van der Waals surface area contributed by atoms with Crippen LogP contribution in [-0.2, 0) is 17.9 Å². The molecule has 0 radical (unpaired) electrons. The molecule has 2 N–H and O–H groups in total. The standard InChI is InChI=1S/C23H27N3O2S/c1-16-22(27)25-20-13-19(9-10-21(20)29-16)23(28)24-14-17-5-7-18(8-6-17)15-26-11-3-2-4-12-26/h5-10,13,16H,2-4,11-12,14-15H2,1H3,(H,24,28)(H,25,27). The van der Waals surface area contributed by atoms with Crippen LogP contribution in [0, 0.1) is 0 Å². The summed E-state index contributed by atoms with van der Waals surface area (Å²) in [6, 6.07) is 14.0. The van der Waals surface area contributed by atoms with Crippen molar-refractivity contribution in [2.45, 2.75) is 49.4 Å². The fraction of sp³-hybridized carbons (Fsp3) is 0.391. The maximum Gasteiger partial charge on any atom is 0.251 e. The van der Waals surface area contributed by atoms with Gasteiger partial charge < -0.3 is 10.6 Å². The Balaban J connectivity index is 1.32. The number of thioether (sulfide) groups is 1. The molecular weight excluding hydrogens is 382 g/mol. The molecule has 1 unspecified atom stereocenters. The average Bonchev–Trinajstić information content (AvgIpc) is 2.74. The fourth-order valence-electron chi connectivity index (χ4n) is 3.77. The van der Waals surface area contributed by atoms with Crippen molar-refractivity contribution in [1.29, 1.82) is 0 Å². The van der Waals surface area contributed by atoms with Gasteiger partial charge in [0.25, 0.3) is 5.91 Å². The van der Waals surface area contributed by atoms with Crippen molar-refractivity contribution < 1.29 is 9.59 Å². The molecule has 0 aliphatic carbocycles. The van der Waals surface area contributed by atoms with Crippen LogP contribution in [0.4, 0.5) is 5.69 Å². The minimum Gasteiger partial charge on any atom is -0.348 e. The largest absolute Gasteiger partial charge is 0.348 e. The number of hydrogen-bond donors (Lipinski definition) is 2. The van der Waals surface area contributed by atoms with Gasteiger partial charge in [0.15, 0.2) is 0 Å². The second kappa shape index (κ2) is 9.01. The summed E-state index contributed by atoms with van der Waals surface area (Å²) in [7, 11) is 0. The van der Waals surface area contributed by atoms with Gasteiger partial charge in [-0.15, -0.1) is 11.8 Å². The second-order valence-electron chi connectivity index (χ2n) is 7.80. The molecule has 0 spiro atoms. The molecule has 1 atom stereocenters. The lowest BCUT2D eigenvalue weighted by Crippen LogP contribution is -2.29. The highest BCUT2D eigenvalue weighted by Crippen LogP contribution is 2.35. The Morgan fingerprint density at radius 3 is 2.59 bits per heavy atom. The number of piperidine rings is 1. The van der Waals surface area contributed by atoms with Crippen molar-refractivity contribution in [2.24, 2.45) is 0 Å². The Bertz CT molecular complexity index is 891. The summed E-state index contributed by atoms with van der Waals surface area (Å²) < 4.78 is 0. The van der Waals surface area contributed by atoms with Crippen LogP contribution >= 0.6 is 11.8 Å². The van der Waals surface area contributed by atoms with Crippen LogP contribution in [0.25, 0.3) is 0 Å². The number of amides is 2. The van der Waals surface area contributed by atoms with Gasteiger partial charge in [0.2, 0.25) is 5.91 Å². The molecular formula is C23H27N3O2S. The van der Waals surface area contributed by atoms with Crippen molar-refractivity contribution in [3.63, 3.8) is 0 Å². The third-order valence-corrected chi connectivity index (χ3v) is 6.68. The molecule has 2 aromatic rings. The van der Waals surface area contributed by atoms with Crippen molar-refractivity contribution in [3.8, 4) is 0 Å². The van der Waals surface area contributed by atoms with E-state index in [0.29, 0.717) is 17.8 Å². The molecule has 0 bridgehead atoms. The summed E-state index contributed by atoms with van der Waals surface area (Å²) in [6.45, 7) is 5.75. The zero-order chi connectivity index (χ0) is 20.2. The average molecular weight is 410 g/mol. The Morgan fingerprint density at radius 1 is 1.10 bits per heavy atom. The minimum absolute atomic E-state index is 0.0234. The zero-order valence-corrected chi connectivity index (χ0v) is 17.6. The number of likely N-dealkylation sites (tertiary alicyclic amines) is 1. The first-order chi connectivity index (χ1) is 14.1. The molecule has 2 aromatic carbocycles. The molecule has 5 nitrogen and oxygen atoms in total. The number of carbonyl (C=O) groups is 2. The number of hydrogen-bond acceptors (Lipinski definition) is 4. The second-order valence-corrected chi connectivity index (χ2v) is 9.18. The van der Waals surface area contributed by atoms with Gasteiger partial charge in [-0.3, -0.25) is 14.5 Å². The van der Waals surface area contributed by atoms with Gasteiger partial charge in [-0.25, -0.2) is 0 Å². The van der Waals surface area contributed by atoms with Crippen LogP contribution < -0.4 is 10.6 Å². The van der Waals surface area contributed by atoms with Gasteiger partial charge in [-0.2, -0.15) is 0 Å². The van der Waals surface area contributed by atoms with E-state index in [-0.39, 0.29) is 17.1 Å². The summed E-state index contributed by atoms with van der Waals surface area (Å²) in [5, 5.41) is 5.74. The first-order valence-electron chi connectivity index (χ1n) is 10.3. The van der Waals surface area contributed by atoms with E-state index in [0.717, 1.165) is 17.0 Å². The molecule has 2 amide bonds. The predicted octanol–water partition coefficient (Wildman–Crippen LogP) is 4.04. The van der Waals surface area contributed by atoms with Crippen molar-refractivity contribution in [1.82, 2.24) is 10.2 Å². The van der Waals surface area contributed by atoms with Crippen LogP contribution in [-0.4, -0.2) is 35.1 Å². The van der Waals surface area contributed by atoms with E-state index < -0.39 is 0 Å². The van der Waals surface area contributed by atoms with Crippen LogP contribution in [0.15, 0.2) is 47.4 Å². The van der Waals surface area contributed by atoms with Crippen LogP contribution in [0.1, 0.15) is 47.7 Å². The molecule has 2 aliphatic rings. The number of benzene rings is 2. The van der Waals surface area contributed by atoms with E-state index in [1.54, 1.807) is 6.07 Å². The van der Waals surface area contributed by atoms with Gasteiger partial charge in [0, 0.05) is 23.5 Å². The molecule has 1 fully saturated rings. The summed E-state index contributed by atoms with van der Waals surface area (Å²) in [5.41, 5.74) is 3.67. The number of anilines is 1. The molecule has 1 saturated heterocycles. The van der Waals surface area contributed by atoms with E-state index in [1.807, 2.05) is 19.1 Å². The molecule has 152 valence electrons. The first-order valence-corrected chi connectivity index (χ1v) is 11.2. The highest BCUT2D eigenvalue weighted by atomic mass is 32.2. The first kappa shape index (κ1) is 20.0. The van der Waals surface area contributed by atoms with Gasteiger partial charge >= 0.3 is 0 Å². The maximum atomic E-state index is 12.5. The summed E-state index contributed by atoms with van der Waals surface area (Å²) in [6.07, 6.45) is 3.95. The van der Waals surface area contributed by atoms with Crippen LogP contribution in [0.3, 0.4) is 0 Å². The van der Waals surface area contributed by atoms with Gasteiger partial charge in [-0.05, 0) is 62.2 Å². The molecule has 29 heavy (non-hydrogen) atoms. The van der Waals surface area contributed by atoms with Crippen molar-refractivity contribution in [2.75, 3.05) is 18.4 Å². The summed E-state index contributed by atoms with van der Waals surface area (Å²) >= 11 is 1.52. The molecule has 2 aliphatic heterocycles. The van der Waals surface area contributed by atoms with Gasteiger partial charge in [0.1, 0.15) is 0 Å². The van der Waals surface area contributed by atoms with Gasteiger partial charge in [0.05, 0.1) is 10.9 Å². The Morgan fingerprint density at radius 2 is 1.83 bits per heavy atom. The van der Waals surface area contributed by atoms with E-state index in [1.165, 1.54) is 49.7 Å². The van der Waals surface area contributed by atoms with E-state index in [4.69, 9.17) is 0 Å². The zero-order valence-electron chi connectivity index (χ0n) is 16.7. The molecule has 6 heteroatoms. The van der Waals surface area contributed by atoms with Crippen molar-refractivity contribution in [3.05, 3.63) is 59.2 Å². The number of carbonyl (C=O) groups excluding carboxylic acids is 2. The highest BCUT2D eigenvalue weighted by molar-refractivity contribution is 8.00. The number of nitrogens with zero attached hydrogens (tertiary/aromatic N) is 1. The Labute approximate surface area is 176 Å². The quantitative estimate of drug-likeness (QED) is 0.783. The number of nitrogens with one attached hydrogen (secondary N) is 2. The summed E-state index contributed by atoms with van der Waals surface area (Å²) in [4.78, 5) is 27.9. The Hall–Kier alpha value is -2.31. The van der Waals surface area contributed by atoms with Gasteiger partial charge in [-0.1, -0.05) is 30.7 Å². The molecule has 2 heterocycles. The van der Waals surface area contributed by atoms with E-state index in [9.17, 15) is 9.59 Å². The van der Waals surface area contributed by atoms with E-state index >= 15 is 0 Å². The number of rotatable bonds is 5. The SMILES string of the molecule is CC1Sc2ccc(C(=O)NCc3ccc(CN4CCCCC4)cc3)cc2NC1=O. The fourth-order valence-corrected chi connectivity index (χ4v) is 4.70. The lowest BCUT2D eigenvalue weighted by atomic mass is 10.1. The molecule has 4 rings (SSSR count). The lowest BCUT2D eigenvalue weighted by Gasteiger charge is -2.26. The normalized spacial score (nSPS) is 19.3. The highest BCUT2D eigenvalue weighted by Gasteiger charge is 2.23. The smallest absolute Gasteiger partial charge is 0.251 e. The predicted molar refractivity (Wildman–Crippen MR) is 117 cm³/mol. The number of fused-ring (bicyclic) bond motifs is 1. The van der Waals surface area contributed by atoms with E-state index in [2.05, 4.69) is 39.8 Å². The lowest BCUT2D eigenvalue weighted by molar-refractivity contribution is -0.115. The maximum absolute atomic E-state index is 12.5. The van der Waals surface area contributed by atoms with Crippen LogP contribution in [0.5, 0.6) is 0 Å². The third-order valence-electron chi connectivity index (χ3n) is 5.50. The third kappa shape index (κ3) is 5.00. The van der Waals surface area contributed by atoms with Crippen LogP contribution in [0.2, 0.25) is 0 Å². The Kier molecular flexibility index (Phi) is 6.21. The topological polar surface area (TPSA) is 61.4 Å². The van der Waals surface area contributed by atoms with Crippen molar-refractivity contribution >= 4 is 29.3 Å².